The summed E-state index contributed by atoms with van der Waals surface area (Å²) in [6, 6.07) is 1.24. The number of rotatable bonds is 1. The lowest BCUT2D eigenvalue weighted by atomic mass is 9.95. The van der Waals surface area contributed by atoms with E-state index in [0.717, 1.165) is 6.07 Å². The molecule has 4 rings (SSSR count). The highest BCUT2D eigenvalue weighted by Crippen LogP contribution is 2.44. The van der Waals surface area contributed by atoms with Gasteiger partial charge in [-0.25, -0.2) is 14.2 Å². The van der Waals surface area contributed by atoms with E-state index in [-0.39, 0.29) is 18.5 Å². The summed E-state index contributed by atoms with van der Waals surface area (Å²) in [7, 11) is 0. The third-order valence-electron chi connectivity index (χ3n) is 5.18. The van der Waals surface area contributed by atoms with Crippen molar-refractivity contribution in [2.24, 2.45) is 0 Å². The molecule has 1 fully saturated rings. The number of halogens is 6. The van der Waals surface area contributed by atoms with Crippen LogP contribution < -0.4 is 5.32 Å². The highest BCUT2D eigenvalue weighted by atomic mass is 35.5. The van der Waals surface area contributed by atoms with E-state index in [2.05, 4.69) is 10.3 Å². The van der Waals surface area contributed by atoms with Gasteiger partial charge in [-0.3, -0.25) is 0 Å². The molecule has 2 amide bonds. The number of hydrogen-bond donors (Lipinski definition) is 1. The van der Waals surface area contributed by atoms with Crippen LogP contribution in [0.5, 0.6) is 0 Å². The van der Waals surface area contributed by atoms with E-state index in [1.165, 1.54) is 11.1 Å². The third-order valence-corrected chi connectivity index (χ3v) is 5.49. The quantitative estimate of drug-likeness (QED) is 0.504. The lowest BCUT2D eigenvalue weighted by Gasteiger charge is -2.36. The van der Waals surface area contributed by atoms with Crippen LogP contribution >= 0.6 is 11.6 Å². The summed E-state index contributed by atoms with van der Waals surface area (Å²) in [4.78, 5) is 17.9. The zero-order valence-corrected chi connectivity index (χ0v) is 14.9. The van der Waals surface area contributed by atoms with Crippen LogP contribution in [0.2, 0.25) is 5.02 Å². The monoisotopic (exact) mass is 417 g/mol. The summed E-state index contributed by atoms with van der Waals surface area (Å²) < 4.78 is 66.6. The summed E-state index contributed by atoms with van der Waals surface area (Å²) >= 11 is 5.61. The molecule has 28 heavy (non-hydrogen) atoms. The third kappa shape index (κ3) is 3.07. The number of fused-ring (bicyclic) bond motifs is 4. The van der Waals surface area contributed by atoms with Crippen LogP contribution in [-0.2, 0) is 12.6 Å². The maximum absolute atomic E-state index is 14.1. The summed E-state index contributed by atoms with van der Waals surface area (Å²) in [6.07, 6.45) is -1.99. The van der Waals surface area contributed by atoms with Crippen LogP contribution in [0.15, 0.2) is 24.4 Å². The van der Waals surface area contributed by atoms with Crippen molar-refractivity contribution >= 4 is 23.3 Å². The van der Waals surface area contributed by atoms with Crippen LogP contribution in [0.25, 0.3) is 0 Å². The van der Waals surface area contributed by atoms with Crippen LogP contribution in [0.3, 0.4) is 0 Å². The molecule has 2 aromatic rings. The van der Waals surface area contributed by atoms with Crippen molar-refractivity contribution in [3.63, 3.8) is 0 Å². The van der Waals surface area contributed by atoms with Gasteiger partial charge in [-0.2, -0.15) is 17.6 Å². The number of aromatic nitrogens is 1. The molecule has 2 atom stereocenters. The van der Waals surface area contributed by atoms with E-state index < -0.39 is 46.3 Å². The fraction of sp³-hybridized carbons (Fsp3) is 0.333. The first-order valence-corrected chi connectivity index (χ1v) is 8.83. The molecule has 2 bridgehead atoms. The molecule has 1 N–H and O–H groups in total. The summed E-state index contributed by atoms with van der Waals surface area (Å²) in [5.74, 6) is -1.82. The first-order valence-electron chi connectivity index (χ1n) is 8.45. The van der Waals surface area contributed by atoms with Crippen molar-refractivity contribution in [1.82, 2.24) is 9.88 Å². The van der Waals surface area contributed by atoms with Gasteiger partial charge in [-0.1, -0.05) is 11.6 Å². The Morgan fingerprint density at radius 2 is 2.00 bits per heavy atom. The SMILES string of the molecule is O=C(Nc1cc(Cl)c(C(F)(F)F)cc1F)N1[C@@H]2CC[C@H]1c1ccnc(F)c1C2. The Bertz CT molecular complexity index is 965. The molecule has 1 saturated heterocycles. The Hall–Kier alpha value is -2.42. The number of pyridine rings is 1. The number of alkyl halides is 3. The van der Waals surface area contributed by atoms with Crippen LogP contribution in [-0.4, -0.2) is 22.0 Å². The summed E-state index contributed by atoms with van der Waals surface area (Å²) in [6.45, 7) is 0. The van der Waals surface area contributed by atoms with Crippen molar-refractivity contribution in [2.75, 3.05) is 5.32 Å². The second-order valence-corrected chi connectivity index (χ2v) is 7.17. The van der Waals surface area contributed by atoms with E-state index in [1.54, 1.807) is 6.07 Å². The second-order valence-electron chi connectivity index (χ2n) is 6.77. The zero-order valence-electron chi connectivity index (χ0n) is 14.2. The average Bonchev–Trinajstić information content (AvgIpc) is 2.93. The summed E-state index contributed by atoms with van der Waals surface area (Å²) in [5.41, 5.74) is -0.668. The minimum atomic E-state index is -4.81. The van der Waals surface area contributed by atoms with Gasteiger partial charge in [0, 0.05) is 17.8 Å². The Morgan fingerprint density at radius 1 is 1.25 bits per heavy atom. The number of anilines is 1. The van der Waals surface area contributed by atoms with Crippen LogP contribution in [0, 0.1) is 11.8 Å². The number of urea groups is 1. The van der Waals surface area contributed by atoms with E-state index in [4.69, 9.17) is 11.6 Å². The number of nitrogens with one attached hydrogen (secondary N) is 1. The first-order chi connectivity index (χ1) is 13.2. The average molecular weight is 418 g/mol. The van der Waals surface area contributed by atoms with Gasteiger partial charge in [0.15, 0.2) is 0 Å². The zero-order chi connectivity index (χ0) is 20.2. The number of carbonyl (C=O) groups excluding carboxylic acids is 1. The number of nitrogens with zero attached hydrogens (tertiary/aromatic N) is 2. The van der Waals surface area contributed by atoms with Crippen molar-refractivity contribution in [2.45, 2.75) is 37.5 Å². The van der Waals surface area contributed by atoms with Gasteiger partial charge < -0.3 is 10.2 Å². The number of amides is 2. The molecule has 0 radical (unpaired) electrons. The lowest BCUT2D eigenvalue weighted by molar-refractivity contribution is -0.137. The molecule has 1 aromatic heterocycles. The second kappa shape index (κ2) is 6.58. The van der Waals surface area contributed by atoms with E-state index in [0.29, 0.717) is 24.0 Å². The molecule has 1 aromatic carbocycles. The predicted molar refractivity (Wildman–Crippen MR) is 90.9 cm³/mol. The normalized spacial score (nSPS) is 20.9. The molecule has 2 aliphatic heterocycles. The molecular formula is C18H13ClF5N3O. The number of benzene rings is 1. The molecule has 0 saturated carbocycles. The highest BCUT2D eigenvalue weighted by Gasteiger charge is 2.44. The fourth-order valence-electron chi connectivity index (χ4n) is 3.97. The van der Waals surface area contributed by atoms with Crippen molar-refractivity contribution in [3.8, 4) is 0 Å². The molecule has 0 spiro atoms. The molecule has 2 aliphatic rings. The van der Waals surface area contributed by atoms with Gasteiger partial charge in [-0.05, 0) is 43.0 Å². The molecule has 148 valence electrons. The van der Waals surface area contributed by atoms with Crippen molar-refractivity contribution in [1.29, 1.82) is 0 Å². The van der Waals surface area contributed by atoms with Gasteiger partial charge in [0.2, 0.25) is 5.95 Å². The minimum absolute atomic E-state index is 0.249. The van der Waals surface area contributed by atoms with Crippen LogP contribution in [0.1, 0.15) is 35.6 Å². The lowest BCUT2D eigenvalue weighted by Crippen LogP contribution is -2.44. The molecule has 3 heterocycles. The van der Waals surface area contributed by atoms with Crippen LogP contribution in [0.4, 0.5) is 32.4 Å². The maximum atomic E-state index is 14.1. The van der Waals surface area contributed by atoms with Gasteiger partial charge in [0.25, 0.3) is 0 Å². The molecule has 4 nitrogen and oxygen atoms in total. The highest BCUT2D eigenvalue weighted by molar-refractivity contribution is 6.31. The Balaban J connectivity index is 1.61. The molecular weight excluding hydrogens is 405 g/mol. The van der Waals surface area contributed by atoms with Gasteiger partial charge in [-0.15, -0.1) is 0 Å². The Kier molecular flexibility index (Phi) is 4.45. The molecule has 0 unspecified atom stereocenters. The van der Waals surface area contributed by atoms with E-state index in [1.807, 2.05) is 0 Å². The topological polar surface area (TPSA) is 45.2 Å². The smallest absolute Gasteiger partial charge is 0.314 e. The molecule has 0 aliphatic carbocycles. The molecule has 10 heteroatoms. The largest absolute Gasteiger partial charge is 0.417 e. The van der Waals surface area contributed by atoms with Crippen molar-refractivity contribution < 1.29 is 26.7 Å². The van der Waals surface area contributed by atoms with Gasteiger partial charge in [0.1, 0.15) is 5.82 Å². The Labute approximate surface area is 161 Å². The standard InChI is InChI=1S/C18H13ClF5N3O/c19-12-7-14(13(20)6-11(12)18(22,23)24)26-17(28)27-8-1-2-15(27)9-3-4-25-16(21)10(9)5-8/h3-4,6-8,15H,1-2,5H2,(H,26,28)/t8-,15+/m1/s1. The van der Waals surface area contributed by atoms with Gasteiger partial charge in [0.05, 0.1) is 22.3 Å². The minimum Gasteiger partial charge on any atom is -0.314 e. The fourth-order valence-corrected chi connectivity index (χ4v) is 4.24. The van der Waals surface area contributed by atoms with E-state index >= 15 is 0 Å². The van der Waals surface area contributed by atoms with Crippen molar-refractivity contribution in [3.05, 3.63) is 57.9 Å². The first kappa shape index (κ1) is 18.9. The number of hydrogen-bond acceptors (Lipinski definition) is 2. The summed E-state index contributed by atoms with van der Waals surface area (Å²) in [5, 5.41) is 1.58. The van der Waals surface area contributed by atoms with Gasteiger partial charge >= 0.3 is 12.2 Å². The number of carbonyl (C=O) groups is 1. The maximum Gasteiger partial charge on any atom is 0.417 e. The predicted octanol–water partition coefficient (Wildman–Crippen LogP) is 5.33. The Morgan fingerprint density at radius 3 is 2.71 bits per heavy atom. The van der Waals surface area contributed by atoms with E-state index in [9.17, 15) is 26.7 Å².